The maximum Gasteiger partial charge on any atom is 0 e. The van der Waals surface area contributed by atoms with Crippen LogP contribution in [0.5, 0.6) is 0 Å². The second kappa shape index (κ2) is 8.82. The van der Waals surface area contributed by atoms with E-state index in [2.05, 4.69) is 13.8 Å². The Morgan fingerprint density at radius 2 is 1.20 bits per heavy atom. The molecule has 0 saturated carbocycles. The van der Waals surface area contributed by atoms with E-state index < -0.39 is 0 Å². The van der Waals surface area contributed by atoms with Crippen LogP contribution < -0.4 is 0 Å². The molecule has 0 amide bonds. The predicted molar refractivity (Wildman–Crippen MR) is 20.6 cm³/mol. The van der Waals surface area contributed by atoms with Gasteiger partial charge in [0.2, 0.25) is 0 Å². The smallest absolute Gasteiger partial charge is 0 e. The second-order valence-electron chi connectivity index (χ2n) is 1.000. The fourth-order valence-corrected chi connectivity index (χ4v) is 0. The van der Waals surface area contributed by atoms with Gasteiger partial charge < -0.3 is 0 Å². The van der Waals surface area contributed by atoms with Crippen molar-refractivity contribution >= 4 is 0 Å². The number of unbranched alkanes of at least 4 members (excludes halogenated alkanes) is 1. The monoisotopic (exact) mass is 156 g/mol. The maximum absolute atomic E-state index is 2.18. The van der Waals surface area contributed by atoms with E-state index >= 15 is 0 Å². The molecule has 0 radical (unpaired) electrons. The van der Waals surface area contributed by atoms with Crippen LogP contribution in [0, 0.1) is 0 Å². The van der Waals surface area contributed by atoms with Gasteiger partial charge in [-0.15, -0.1) is 0 Å². The molecule has 0 spiro atoms. The minimum absolute atomic E-state index is 0. The van der Waals surface area contributed by atoms with Crippen LogP contribution in [0.15, 0.2) is 0 Å². The fourth-order valence-electron chi connectivity index (χ4n) is 0. The van der Waals surface area contributed by atoms with Crippen molar-refractivity contribution in [2.45, 2.75) is 26.7 Å². The normalized spacial score (nSPS) is 6.00. The van der Waals surface area contributed by atoms with Gasteiger partial charge in [0.15, 0.2) is 0 Å². The Morgan fingerprint density at radius 3 is 1.20 bits per heavy atom. The van der Waals surface area contributed by atoms with Gasteiger partial charge in [-0.3, -0.25) is 0 Å². The van der Waals surface area contributed by atoms with Crippen molar-refractivity contribution in [3.63, 3.8) is 0 Å². The third kappa shape index (κ3) is 11.9. The Balaban J connectivity index is 0. The van der Waals surface area contributed by atoms with E-state index in [1.54, 1.807) is 0 Å². The molecule has 0 fully saturated rings. The summed E-state index contributed by atoms with van der Waals surface area (Å²) in [4.78, 5) is 0. The van der Waals surface area contributed by atoms with Crippen LogP contribution in [0.1, 0.15) is 26.7 Å². The third-order valence-electron chi connectivity index (χ3n) is 0.500. The SMILES string of the molecule is CCCC.[Mo]. The molecule has 0 saturated heterocycles. The molecule has 0 bridgehead atoms. The first-order valence-electron chi connectivity index (χ1n) is 1.91. The fraction of sp³-hybridized carbons (Fsp3) is 1.00. The molecule has 0 heterocycles. The maximum atomic E-state index is 2.18. The molecule has 0 rings (SSSR count). The zero-order valence-corrected chi connectivity index (χ0v) is 5.83. The Hall–Kier alpha value is 0.688. The first-order valence-corrected chi connectivity index (χ1v) is 1.91. The second-order valence-corrected chi connectivity index (χ2v) is 1.000. The van der Waals surface area contributed by atoms with Gasteiger partial charge in [0.1, 0.15) is 0 Å². The van der Waals surface area contributed by atoms with Crippen LogP contribution in [0.3, 0.4) is 0 Å². The van der Waals surface area contributed by atoms with E-state index in [1.807, 2.05) is 0 Å². The molecule has 0 aromatic heterocycles. The Labute approximate surface area is 48.2 Å². The van der Waals surface area contributed by atoms with Gasteiger partial charge in [-0.05, 0) is 0 Å². The summed E-state index contributed by atoms with van der Waals surface area (Å²) in [5.41, 5.74) is 0. The molecule has 0 atom stereocenters. The Kier molecular flexibility index (Phi) is 16.2. The average Bonchev–Trinajstić information content (AvgIpc) is 1.37. The quantitative estimate of drug-likeness (QED) is 0.505. The average molecular weight is 154 g/mol. The topological polar surface area (TPSA) is 0 Å². The molecular formula is C4H10Mo. The molecule has 1 heteroatoms. The first kappa shape index (κ1) is 9.19. The van der Waals surface area contributed by atoms with Crippen LogP contribution in [0.2, 0.25) is 0 Å². The summed E-state index contributed by atoms with van der Waals surface area (Å²) in [6, 6.07) is 0. The van der Waals surface area contributed by atoms with Crippen molar-refractivity contribution in [3.8, 4) is 0 Å². The largest absolute Gasteiger partial charge is 0.0654 e. The van der Waals surface area contributed by atoms with Crippen molar-refractivity contribution in [3.05, 3.63) is 0 Å². The molecule has 0 aromatic carbocycles. The van der Waals surface area contributed by atoms with E-state index in [-0.39, 0.29) is 21.1 Å². The molecule has 0 aromatic rings. The van der Waals surface area contributed by atoms with Crippen molar-refractivity contribution in [1.29, 1.82) is 0 Å². The third-order valence-corrected chi connectivity index (χ3v) is 0.500. The number of hydrogen-bond donors (Lipinski definition) is 0. The summed E-state index contributed by atoms with van der Waals surface area (Å²) < 4.78 is 0. The minimum Gasteiger partial charge on any atom is -0.0654 e. The molecule has 0 aliphatic rings. The van der Waals surface area contributed by atoms with Gasteiger partial charge in [-0.2, -0.15) is 0 Å². The van der Waals surface area contributed by atoms with Crippen LogP contribution in [0.4, 0.5) is 0 Å². The van der Waals surface area contributed by atoms with Gasteiger partial charge in [-0.1, -0.05) is 26.7 Å². The van der Waals surface area contributed by atoms with Crippen LogP contribution in [-0.2, 0) is 21.1 Å². The Bertz CT molecular complexity index is 5.61. The molecule has 5 heavy (non-hydrogen) atoms. The number of rotatable bonds is 1. The number of hydrogen-bond acceptors (Lipinski definition) is 0. The summed E-state index contributed by atoms with van der Waals surface area (Å²) in [5.74, 6) is 0. The molecule has 0 aliphatic heterocycles. The van der Waals surface area contributed by atoms with Crippen LogP contribution >= 0.6 is 0 Å². The molecule has 0 aliphatic carbocycles. The van der Waals surface area contributed by atoms with Gasteiger partial charge in [0, 0.05) is 21.1 Å². The zero-order valence-electron chi connectivity index (χ0n) is 3.82. The van der Waals surface area contributed by atoms with Crippen LogP contribution in [0.25, 0.3) is 0 Å². The van der Waals surface area contributed by atoms with E-state index in [0.717, 1.165) is 0 Å². The standard InChI is InChI=1S/C4H10.Mo/c1-3-4-2;/h3-4H2,1-2H3;. The summed E-state index contributed by atoms with van der Waals surface area (Å²) in [5, 5.41) is 0. The molecule has 0 nitrogen and oxygen atoms in total. The molecular weight excluding hydrogens is 144 g/mol. The molecule has 0 unspecified atom stereocenters. The minimum atomic E-state index is 0. The van der Waals surface area contributed by atoms with E-state index in [9.17, 15) is 0 Å². The molecule has 32 valence electrons. The van der Waals surface area contributed by atoms with Crippen molar-refractivity contribution in [2.75, 3.05) is 0 Å². The summed E-state index contributed by atoms with van der Waals surface area (Å²) in [7, 11) is 0. The van der Waals surface area contributed by atoms with Gasteiger partial charge >= 0.3 is 0 Å². The van der Waals surface area contributed by atoms with E-state index in [4.69, 9.17) is 0 Å². The van der Waals surface area contributed by atoms with E-state index in [0.29, 0.717) is 0 Å². The summed E-state index contributed by atoms with van der Waals surface area (Å²) in [6.45, 7) is 4.36. The Morgan fingerprint density at radius 1 is 1.00 bits per heavy atom. The van der Waals surface area contributed by atoms with Crippen molar-refractivity contribution in [2.24, 2.45) is 0 Å². The predicted octanol–water partition coefficient (Wildman–Crippen LogP) is 1.80. The van der Waals surface area contributed by atoms with Gasteiger partial charge in [0.25, 0.3) is 0 Å². The molecule has 0 N–H and O–H groups in total. The summed E-state index contributed by atoms with van der Waals surface area (Å²) in [6.07, 6.45) is 2.64. The van der Waals surface area contributed by atoms with Crippen LogP contribution in [-0.4, -0.2) is 0 Å². The van der Waals surface area contributed by atoms with E-state index in [1.165, 1.54) is 12.8 Å². The zero-order chi connectivity index (χ0) is 3.41. The van der Waals surface area contributed by atoms with Gasteiger partial charge in [0.05, 0.1) is 0 Å². The van der Waals surface area contributed by atoms with Gasteiger partial charge in [-0.25, -0.2) is 0 Å². The first-order chi connectivity index (χ1) is 1.91. The summed E-state index contributed by atoms with van der Waals surface area (Å²) >= 11 is 0. The van der Waals surface area contributed by atoms with Crippen molar-refractivity contribution in [1.82, 2.24) is 0 Å². The van der Waals surface area contributed by atoms with Crippen molar-refractivity contribution < 1.29 is 21.1 Å².